The summed E-state index contributed by atoms with van der Waals surface area (Å²) in [6.45, 7) is 4.39. The number of rotatable bonds is 5. The van der Waals surface area contributed by atoms with E-state index >= 15 is 0 Å². The van der Waals surface area contributed by atoms with Gasteiger partial charge in [-0.3, -0.25) is 0 Å². The Balaban J connectivity index is 2.04. The fourth-order valence-electron chi connectivity index (χ4n) is 2.54. The molecule has 0 aromatic heterocycles. The first-order valence-corrected chi connectivity index (χ1v) is 8.08. The maximum Gasteiger partial charge on any atom is 0.0810 e. The molecule has 2 nitrogen and oxygen atoms in total. The SMILES string of the molecule is CCSCCCN1CCCC(O)c2ccccc21. The summed E-state index contributed by atoms with van der Waals surface area (Å²) in [5, 5.41) is 10.1. The van der Waals surface area contributed by atoms with Gasteiger partial charge in [0.25, 0.3) is 0 Å². The Morgan fingerprint density at radius 3 is 3.06 bits per heavy atom. The second kappa shape index (κ2) is 7.05. The highest BCUT2D eigenvalue weighted by Crippen LogP contribution is 2.32. The van der Waals surface area contributed by atoms with E-state index in [1.54, 1.807) is 0 Å². The molecule has 1 atom stereocenters. The van der Waals surface area contributed by atoms with E-state index in [0.717, 1.165) is 31.5 Å². The number of aliphatic hydroxyl groups is 1. The third-order valence-electron chi connectivity index (χ3n) is 3.46. The van der Waals surface area contributed by atoms with E-state index in [-0.39, 0.29) is 6.10 Å². The average Bonchev–Trinajstić information content (AvgIpc) is 2.56. The van der Waals surface area contributed by atoms with Gasteiger partial charge < -0.3 is 10.0 Å². The minimum atomic E-state index is -0.281. The lowest BCUT2D eigenvalue weighted by atomic mass is 10.0. The van der Waals surface area contributed by atoms with Crippen molar-refractivity contribution < 1.29 is 5.11 Å². The number of para-hydroxylation sites is 1. The van der Waals surface area contributed by atoms with Crippen LogP contribution < -0.4 is 4.90 Å². The van der Waals surface area contributed by atoms with Crippen LogP contribution in [0, 0.1) is 0 Å². The first-order chi connectivity index (χ1) is 8.83. The van der Waals surface area contributed by atoms with Crippen molar-refractivity contribution in [2.75, 3.05) is 29.5 Å². The van der Waals surface area contributed by atoms with Crippen LogP contribution in [0.5, 0.6) is 0 Å². The third kappa shape index (κ3) is 3.42. The minimum Gasteiger partial charge on any atom is -0.388 e. The monoisotopic (exact) mass is 265 g/mol. The van der Waals surface area contributed by atoms with Crippen molar-refractivity contribution in [3.63, 3.8) is 0 Å². The van der Waals surface area contributed by atoms with Gasteiger partial charge in [-0.25, -0.2) is 0 Å². The highest BCUT2D eigenvalue weighted by Gasteiger charge is 2.20. The Kier molecular flexibility index (Phi) is 5.39. The van der Waals surface area contributed by atoms with Crippen LogP contribution in [0.2, 0.25) is 0 Å². The average molecular weight is 265 g/mol. The lowest BCUT2D eigenvalue weighted by Crippen LogP contribution is -2.25. The molecular weight excluding hydrogens is 242 g/mol. The fraction of sp³-hybridized carbons (Fsp3) is 0.600. The number of hydrogen-bond acceptors (Lipinski definition) is 3. The Morgan fingerprint density at radius 1 is 1.39 bits per heavy atom. The van der Waals surface area contributed by atoms with E-state index in [4.69, 9.17) is 0 Å². The van der Waals surface area contributed by atoms with Gasteiger partial charge in [-0.05, 0) is 36.8 Å². The number of nitrogens with zero attached hydrogens (tertiary/aromatic N) is 1. The normalized spacial score (nSPS) is 19.4. The predicted molar refractivity (Wildman–Crippen MR) is 80.5 cm³/mol. The molecule has 100 valence electrons. The molecule has 1 aromatic carbocycles. The number of thioether (sulfide) groups is 1. The molecule has 1 aromatic rings. The van der Waals surface area contributed by atoms with Crippen molar-refractivity contribution in [1.29, 1.82) is 0 Å². The Labute approximate surface area is 114 Å². The maximum absolute atomic E-state index is 10.1. The summed E-state index contributed by atoms with van der Waals surface area (Å²) in [6, 6.07) is 8.32. The molecule has 0 bridgehead atoms. The highest BCUT2D eigenvalue weighted by molar-refractivity contribution is 7.99. The van der Waals surface area contributed by atoms with Crippen molar-refractivity contribution >= 4 is 17.4 Å². The van der Waals surface area contributed by atoms with Crippen molar-refractivity contribution in [1.82, 2.24) is 0 Å². The first kappa shape index (κ1) is 13.8. The molecule has 1 unspecified atom stereocenters. The van der Waals surface area contributed by atoms with Crippen LogP contribution in [-0.2, 0) is 0 Å². The molecule has 0 aliphatic carbocycles. The number of aliphatic hydroxyl groups excluding tert-OH is 1. The van der Waals surface area contributed by atoms with E-state index in [1.807, 2.05) is 17.8 Å². The van der Waals surface area contributed by atoms with Crippen LogP contribution in [0.25, 0.3) is 0 Å². The van der Waals surface area contributed by atoms with Crippen LogP contribution in [0.3, 0.4) is 0 Å². The molecule has 0 saturated heterocycles. The largest absolute Gasteiger partial charge is 0.388 e. The molecular formula is C15H23NOS. The van der Waals surface area contributed by atoms with Crippen LogP contribution in [0.1, 0.15) is 37.9 Å². The lowest BCUT2D eigenvalue weighted by molar-refractivity contribution is 0.168. The minimum absolute atomic E-state index is 0.281. The van der Waals surface area contributed by atoms with Crippen molar-refractivity contribution in [2.24, 2.45) is 0 Å². The summed E-state index contributed by atoms with van der Waals surface area (Å²) < 4.78 is 0. The molecule has 0 saturated carbocycles. The summed E-state index contributed by atoms with van der Waals surface area (Å²) in [5.74, 6) is 2.44. The van der Waals surface area contributed by atoms with Gasteiger partial charge in [0, 0.05) is 24.3 Å². The van der Waals surface area contributed by atoms with Crippen LogP contribution in [-0.4, -0.2) is 29.7 Å². The second-order valence-electron chi connectivity index (χ2n) is 4.75. The summed E-state index contributed by atoms with van der Waals surface area (Å²) in [5.41, 5.74) is 2.35. The fourth-order valence-corrected chi connectivity index (χ4v) is 3.16. The summed E-state index contributed by atoms with van der Waals surface area (Å²) >= 11 is 2.01. The van der Waals surface area contributed by atoms with E-state index in [9.17, 15) is 5.11 Å². The number of anilines is 1. The topological polar surface area (TPSA) is 23.5 Å². The van der Waals surface area contributed by atoms with E-state index in [0.29, 0.717) is 0 Å². The third-order valence-corrected chi connectivity index (χ3v) is 4.45. The van der Waals surface area contributed by atoms with Crippen LogP contribution >= 0.6 is 11.8 Å². The quantitative estimate of drug-likeness (QED) is 0.825. The van der Waals surface area contributed by atoms with E-state index < -0.39 is 0 Å². The first-order valence-electron chi connectivity index (χ1n) is 6.92. The van der Waals surface area contributed by atoms with E-state index in [2.05, 4.69) is 30.0 Å². The van der Waals surface area contributed by atoms with Crippen molar-refractivity contribution in [2.45, 2.75) is 32.3 Å². The smallest absolute Gasteiger partial charge is 0.0810 e. The molecule has 18 heavy (non-hydrogen) atoms. The van der Waals surface area contributed by atoms with Gasteiger partial charge in [-0.15, -0.1) is 0 Å². The zero-order valence-corrected chi connectivity index (χ0v) is 12.0. The molecule has 0 amide bonds. The predicted octanol–water partition coefficient (Wildman–Crippen LogP) is 3.46. The molecule has 0 spiro atoms. The standard InChI is InChI=1S/C15H23NOS/c1-2-18-12-6-11-16-10-5-9-15(17)13-7-3-4-8-14(13)16/h3-4,7-8,15,17H,2,5-6,9-12H2,1H3. The van der Waals surface area contributed by atoms with E-state index in [1.165, 1.54) is 23.6 Å². The Morgan fingerprint density at radius 2 is 2.22 bits per heavy atom. The second-order valence-corrected chi connectivity index (χ2v) is 6.15. The Bertz CT molecular complexity index is 369. The van der Waals surface area contributed by atoms with Gasteiger partial charge in [0.15, 0.2) is 0 Å². The molecule has 1 aliphatic rings. The maximum atomic E-state index is 10.1. The molecule has 1 aliphatic heterocycles. The highest BCUT2D eigenvalue weighted by atomic mass is 32.2. The molecule has 1 N–H and O–H groups in total. The van der Waals surface area contributed by atoms with Gasteiger partial charge in [0.2, 0.25) is 0 Å². The zero-order valence-electron chi connectivity index (χ0n) is 11.1. The van der Waals surface area contributed by atoms with Gasteiger partial charge in [-0.1, -0.05) is 25.1 Å². The van der Waals surface area contributed by atoms with Crippen molar-refractivity contribution in [3.05, 3.63) is 29.8 Å². The van der Waals surface area contributed by atoms with Crippen LogP contribution in [0.4, 0.5) is 5.69 Å². The Hall–Kier alpha value is -0.670. The van der Waals surface area contributed by atoms with Gasteiger partial charge >= 0.3 is 0 Å². The molecule has 2 rings (SSSR count). The zero-order chi connectivity index (χ0) is 12.8. The summed E-state index contributed by atoms with van der Waals surface area (Å²) in [6.07, 6.45) is 2.91. The number of fused-ring (bicyclic) bond motifs is 1. The summed E-state index contributed by atoms with van der Waals surface area (Å²) in [4.78, 5) is 2.45. The number of hydrogen-bond donors (Lipinski definition) is 1. The number of benzene rings is 1. The van der Waals surface area contributed by atoms with Gasteiger partial charge in [0.05, 0.1) is 6.10 Å². The lowest BCUT2D eigenvalue weighted by Gasteiger charge is -2.25. The van der Waals surface area contributed by atoms with Gasteiger partial charge in [0.1, 0.15) is 0 Å². The molecule has 0 fully saturated rings. The molecule has 3 heteroatoms. The van der Waals surface area contributed by atoms with Crippen LogP contribution in [0.15, 0.2) is 24.3 Å². The van der Waals surface area contributed by atoms with Gasteiger partial charge in [-0.2, -0.15) is 11.8 Å². The molecule has 1 heterocycles. The van der Waals surface area contributed by atoms with Crippen molar-refractivity contribution in [3.8, 4) is 0 Å². The molecule has 0 radical (unpaired) electrons. The summed E-state index contributed by atoms with van der Waals surface area (Å²) in [7, 11) is 0.